The van der Waals surface area contributed by atoms with E-state index in [0.717, 1.165) is 29.2 Å². The summed E-state index contributed by atoms with van der Waals surface area (Å²) in [6, 6.07) is 1.87. The van der Waals surface area contributed by atoms with Gasteiger partial charge in [0.25, 0.3) is 5.91 Å². The van der Waals surface area contributed by atoms with Gasteiger partial charge in [0.1, 0.15) is 32.7 Å². The number of oxime groups is 1. The fraction of sp³-hybridized carbons (Fsp3) is 0.421. The van der Waals surface area contributed by atoms with Crippen molar-refractivity contribution >= 4 is 87.9 Å². The van der Waals surface area contributed by atoms with Crippen LogP contribution in [0.25, 0.3) is 0 Å². The van der Waals surface area contributed by atoms with Crippen molar-refractivity contribution in [1.82, 2.24) is 23.9 Å². The summed E-state index contributed by atoms with van der Waals surface area (Å²) in [5.41, 5.74) is 11.2. The fourth-order valence-electron chi connectivity index (χ4n) is 3.62. The number of nitrogens with one attached hydrogen (secondary N) is 1. The van der Waals surface area contributed by atoms with Gasteiger partial charge < -0.3 is 32.0 Å². The van der Waals surface area contributed by atoms with E-state index in [-0.39, 0.29) is 28.8 Å². The quantitative estimate of drug-likeness (QED) is 0.0825. The molecule has 2 aliphatic heterocycles. The van der Waals surface area contributed by atoms with E-state index in [1.165, 1.54) is 28.8 Å². The molecule has 0 aromatic carbocycles. The molecule has 0 aliphatic carbocycles. The van der Waals surface area contributed by atoms with Crippen molar-refractivity contribution in [2.24, 2.45) is 10.9 Å². The number of nitrogens with zero attached hydrogens (tertiary/aromatic N) is 5. The zero-order chi connectivity index (χ0) is 26.7. The van der Waals surface area contributed by atoms with Crippen LogP contribution in [0.3, 0.4) is 0 Å². The normalized spacial score (nSPS) is 23.4. The van der Waals surface area contributed by atoms with Crippen molar-refractivity contribution < 1.29 is 24.7 Å². The van der Waals surface area contributed by atoms with Gasteiger partial charge in [0.2, 0.25) is 5.91 Å². The van der Waals surface area contributed by atoms with Gasteiger partial charge in [0.15, 0.2) is 5.71 Å². The molecule has 2 saturated heterocycles. The Bertz CT molecular complexity index is 1250. The van der Waals surface area contributed by atoms with Crippen molar-refractivity contribution in [3.63, 3.8) is 0 Å². The molecule has 2 fully saturated rings. The SMILES string of the molecule is NCCSCc1nsnc1SC1(C(=O)O)CS[C@@H]2[C@H](NC(=O)C(=NO)c3nc(N)ccc3Cl)C(=O)N2C1. The number of aromatic nitrogens is 3. The number of hydrogen-bond acceptors (Lipinski definition) is 14. The number of nitrogens with two attached hydrogens (primary N) is 2. The lowest BCUT2D eigenvalue weighted by Crippen LogP contribution is -2.74. The maximum atomic E-state index is 12.9. The minimum Gasteiger partial charge on any atom is -0.480 e. The Morgan fingerprint density at radius 3 is 2.86 bits per heavy atom. The largest absolute Gasteiger partial charge is 0.480 e. The summed E-state index contributed by atoms with van der Waals surface area (Å²) < 4.78 is 7.21. The second-order valence-corrected chi connectivity index (χ2v) is 12.4. The predicted molar refractivity (Wildman–Crippen MR) is 143 cm³/mol. The van der Waals surface area contributed by atoms with E-state index in [0.29, 0.717) is 23.0 Å². The average molecular weight is 605 g/mol. The van der Waals surface area contributed by atoms with Crippen LogP contribution in [0.15, 0.2) is 22.3 Å². The number of nitrogen functional groups attached to an aromatic ring is 1. The summed E-state index contributed by atoms with van der Waals surface area (Å²) in [4.78, 5) is 43.5. The van der Waals surface area contributed by atoms with E-state index in [9.17, 15) is 24.7 Å². The molecule has 0 bridgehead atoms. The number of carboxylic acid groups (broad SMARTS) is 1. The minimum absolute atomic E-state index is 0.0337. The van der Waals surface area contributed by atoms with Crippen LogP contribution >= 0.6 is 58.6 Å². The Labute approximate surface area is 232 Å². The molecule has 37 heavy (non-hydrogen) atoms. The molecule has 0 radical (unpaired) electrons. The number of rotatable bonds is 10. The van der Waals surface area contributed by atoms with Crippen LogP contribution < -0.4 is 16.8 Å². The van der Waals surface area contributed by atoms with E-state index in [4.69, 9.17) is 23.1 Å². The number of carbonyl (C=O) groups is 3. The monoisotopic (exact) mass is 604 g/mol. The number of carbonyl (C=O) groups excluding carboxylic acids is 2. The molecule has 0 spiro atoms. The van der Waals surface area contributed by atoms with Crippen molar-refractivity contribution in [1.29, 1.82) is 0 Å². The molecule has 2 aromatic heterocycles. The lowest BCUT2D eigenvalue weighted by molar-refractivity contribution is -0.151. The smallest absolute Gasteiger partial charge is 0.322 e. The molecule has 13 nitrogen and oxygen atoms in total. The Kier molecular flexibility index (Phi) is 8.70. The van der Waals surface area contributed by atoms with Gasteiger partial charge >= 0.3 is 5.97 Å². The van der Waals surface area contributed by atoms with Gasteiger partial charge in [0.05, 0.1) is 22.4 Å². The van der Waals surface area contributed by atoms with E-state index >= 15 is 0 Å². The van der Waals surface area contributed by atoms with Crippen LogP contribution in [0.2, 0.25) is 5.02 Å². The third-order valence-electron chi connectivity index (χ3n) is 5.45. The highest BCUT2D eigenvalue weighted by atomic mass is 35.5. The molecular weight excluding hydrogens is 584 g/mol. The first kappa shape index (κ1) is 27.7. The van der Waals surface area contributed by atoms with Crippen molar-refractivity contribution in [2.75, 3.05) is 30.3 Å². The highest BCUT2D eigenvalue weighted by Crippen LogP contribution is 2.47. The number of β-lactam (4-membered cyclic amide) rings is 1. The van der Waals surface area contributed by atoms with E-state index in [2.05, 4.69) is 24.2 Å². The molecule has 4 rings (SSSR count). The first-order valence-corrected chi connectivity index (χ1v) is 14.7. The highest BCUT2D eigenvalue weighted by Gasteiger charge is 2.58. The summed E-state index contributed by atoms with van der Waals surface area (Å²) in [5.74, 6) is -0.908. The van der Waals surface area contributed by atoms with Gasteiger partial charge in [-0.25, -0.2) is 4.98 Å². The van der Waals surface area contributed by atoms with Crippen LogP contribution in [-0.2, 0) is 20.1 Å². The van der Waals surface area contributed by atoms with Crippen LogP contribution in [0.1, 0.15) is 11.4 Å². The molecule has 198 valence electrons. The Morgan fingerprint density at radius 2 is 2.16 bits per heavy atom. The Morgan fingerprint density at radius 1 is 1.38 bits per heavy atom. The maximum Gasteiger partial charge on any atom is 0.322 e. The van der Waals surface area contributed by atoms with Gasteiger partial charge in [-0.1, -0.05) is 28.5 Å². The molecule has 4 heterocycles. The summed E-state index contributed by atoms with van der Waals surface area (Å²) >= 11 is 11.0. The van der Waals surface area contributed by atoms with Gasteiger partial charge in [-0.2, -0.15) is 20.5 Å². The lowest BCUT2D eigenvalue weighted by atomic mass is 10.0. The molecule has 2 amide bonds. The molecule has 1 unspecified atom stereocenters. The number of carboxylic acids is 1. The zero-order valence-electron chi connectivity index (χ0n) is 18.9. The van der Waals surface area contributed by atoms with Gasteiger partial charge in [-0.05, 0) is 12.1 Å². The van der Waals surface area contributed by atoms with E-state index in [1.807, 2.05) is 0 Å². The number of thioether (sulfide) groups is 3. The van der Waals surface area contributed by atoms with Crippen LogP contribution in [-0.4, -0.2) is 93.2 Å². The third kappa shape index (κ3) is 5.61. The number of amides is 2. The Balaban J connectivity index is 1.45. The first-order valence-electron chi connectivity index (χ1n) is 10.6. The van der Waals surface area contributed by atoms with E-state index < -0.39 is 39.7 Å². The molecule has 0 saturated carbocycles. The molecule has 7 N–H and O–H groups in total. The topological polar surface area (TPSA) is 210 Å². The third-order valence-corrected chi connectivity index (χ3v) is 10.5. The predicted octanol–water partition coefficient (Wildman–Crippen LogP) is 0.555. The number of hydrogen-bond donors (Lipinski definition) is 5. The second-order valence-electron chi connectivity index (χ2n) is 7.89. The van der Waals surface area contributed by atoms with Crippen molar-refractivity contribution in [3.8, 4) is 0 Å². The van der Waals surface area contributed by atoms with Gasteiger partial charge in [0, 0.05) is 30.3 Å². The molecule has 2 aromatic rings. The number of pyridine rings is 1. The zero-order valence-corrected chi connectivity index (χ0v) is 22.9. The number of anilines is 1. The minimum atomic E-state index is -1.34. The summed E-state index contributed by atoms with van der Waals surface area (Å²) in [6.07, 6.45) is 0. The fourth-order valence-corrected chi connectivity index (χ4v) is 8.20. The molecular formula is C19H21ClN8O5S4. The molecule has 2 aliphatic rings. The van der Waals surface area contributed by atoms with Gasteiger partial charge in [-0.15, -0.1) is 11.8 Å². The van der Waals surface area contributed by atoms with Crippen LogP contribution in [0.5, 0.6) is 0 Å². The summed E-state index contributed by atoms with van der Waals surface area (Å²) in [5, 5.41) is 25.1. The number of fused-ring (bicyclic) bond motifs is 1. The Hall–Kier alpha value is -2.31. The second kappa shape index (κ2) is 11.6. The van der Waals surface area contributed by atoms with Crippen LogP contribution in [0, 0.1) is 0 Å². The summed E-state index contributed by atoms with van der Waals surface area (Å²) in [6.45, 7) is 0.442. The average Bonchev–Trinajstić information content (AvgIpc) is 3.31. The van der Waals surface area contributed by atoms with E-state index in [1.54, 1.807) is 11.8 Å². The standard InChI is InChI=1S/C19H21ClN8O5S4/c20-8-1-2-10(22)23-11(8)12(25-33)14(29)24-13-16(30)28-6-19(18(31)32,7-35-17(13)28)36-15-9(26-37-27-15)5-34-4-3-21/h1-2,13,17,33H,3-7,21H2,(H2,22,23)(H,24,29)(H,31,32)/t13-,17-,19?/m1/s1. The number of halogens is 1. The lowest BCUT2D eigenvalue weighted by Gasteiger charge is -2.53. The number of aliphatic carboxylic acids is 1. The van der Waals surface area contributed by atoms with Crippen molar-refractivity contribution in [2.45, 2.75) is 26.9 Å². The van der Waals surface area contributed by atoms with Crippen LogP contribution in [0.4, 0.5) is 5.82 Å². The maximum absolute atomic E-state index is 12.9. The summed E-state index contributed by atoms with van der Waals surface area (Å²) in [7, 11) is 0. The molecule has 18 heteroatoms. The molecule has 3 atom stereocenters. The van der Waals surface area contributed by atoms with Gasteiger partial charge in [-0.3, -0.25) is 14.4 Å². The highest BCUT2D eigenvalue weighted by molar-refractivity contribution is 8.05. The first-order chi connectivity index (χ1) is 17.7. The van der Waals surface area contributed by atoms with Crippen molar-refractivity contribution in [3.05, 3.63) is 28.5 Å².